The van der Waals surface area contributed by atoms with Gasteiger partial charge in [-0.3, -0.25) is 9.48 Å². The summed E-state index contributed by atoms with van der Waals surface area (Å²) in [5.74, 6) is 0.247. The Morgan fingerprint density at radius 2 is 2.00 bits per heavy atom. The van der Waals surface area contributed by atoms with Crippen LogP contribution in [0.2, 0.25) is 0 Å². The molecule has 144 valence electrons. The molecular formula is C22H20N6O. The molecule has 4 aromatic rings. The molecule has 1 aliphatic heterocycles. The first-order valence-electron chi connectivity index (χ1n) is 9.56. The Hall–Kier alpha value is -3.58. The molecule has 1 aliphatic rings. The van der Waals surface area contributed by atoms with Gasteiger partial charge in [-0.05, 0) is 60.0 Å². The van der Waals surface area contributed by atoms with Crippen LogP contribution in [0.4, 0.5) is 5.82 Å². The van der Waals surface area contributed by atoms with Crippen molar-refractivity contribution in [3.63, 3.8) is 0 Å². The molecular weight excluding hydrogens is 364 g/mol. The number of aryl methyl sites for hydroxylation is 1. The molecule has 2 aromatic heterocycles. The number of hydrogen-bond acceptors (Lipinski definition) is 5. The van der Waals surface area contributed by atoms with Gasteiger partial charge in [0.25, 0.3) is 5.91 Å². The number of anilines is 1. The van der Waals surface area contributed by atoms with E-state index in [4.69, 9.17) is 0 Å². The van der Waals surface area contributed by atoms with Crippen molar-refractivity contribution in [3.05, 3.63) is 71.5 Å². The number of rotatable bonds is 3. The number of amides is 1. The van der Waals surface area contributed by atoms with Crippen LogP contribution in [0, 0.1) is 0 Å². The number of aromatic nitrogens is 4. The summed E-state index contributed by atoms with van der Waals surface area (Å²) in [7, 11) is 1.89. The van der Waals surface area contributed by atoms with Crippen LogP contribution < -0.4 is 10.6 Å². The lowest BCUT2D eigenvalue weighted by Gasteiger charge is -2.17. The van der Waals surface area contributed by atoms with Gasteiger partial charge in [-0.25, -0.2) is 0 Å². The second-order valence-corrected chi connectivity index (χ2v) is 7.27. The largest absolute Gasteiger partial charge is 0.312 e. The van der Waals surface area contributed by atoms with Crippen molar-refractivity contribution in [3.8, 4) is 11.1 Å². The molecule has 2 aromatic carbocycles. The Morgan fingerprint density at radius 3 is 2.86 bits per heavy atom. The molecule has 3 heterocycles. The number of carbonyl (C=O) groups excluding carboxylic acids is 1. The topological polar surface area (TPSA) is 84.7 Å². The molecule has 0 radical (unpaired) electrons. The van der Waals surface area contributed by atoms with Crippen LogP contribution in [0.5, 0.6) is 0 Å². The molecule has 0 spiro atoms. The molecule has 29 heavy (non-hydrogen) atoms. The van der Waals surface area contributed by atoms with E-state index in [1.54, 1.807) is 4.68 Å². The molecule has 0 unspecified atom stereocenters. The van der Waals surface area contributed by atoms with Crippen LogP contribution >= 0.6 is 0 Å². The zero-order valence-corrected chi connectivity index (χ0v) is 16.0. The van der Waals surface area contributed by atoms with Crippen molar-refractivity contribution in [2.75, 3.05) is 11.9 Å². The van der Waals surface area contributed by atoms with E-state index in [-0.39, 0.29) is 5.91 Å². The van der Waals surface area contributed by atoms with E-state index < -0.39 is 0 Å². The first kappa shape index (κ1) is 17.5. The van der Waals surface area contributed by atoms with Gasteiger partial charge in [-0.15, -0.1) is 10.2 Å². The Labute approximate surface area is 167 Å². The predicted octanol–water partition coefficient (Wildman–Crippen LogP) is 2.93. The second-order valence-electron chi connectivity index (χ2n) is 7.27. The molecule has 0 fully saturated rings. The SMILES string of the molecule is Cn1cc(-c2ccc3nnc(NC(=O)c4ccc5c(c4)CNCC5)cc3c2)cn1. The average Bonchev–Trinajstić information content (AvgIpc) is 3.19. The summed E-state index contributed by atoms with van der Waals surface area (Å²) >= 11 is 0. The van der Waals surface area contributed by atoms with E-state index in [0.29, 0.717) is 11.4 Å². The number of benzene rings is 2. The third-order valence-electron chi connectivity index (χ3n) is 5.22. The van der Waals surface area contributed by atoms with E-state index in [1.807, 2.05) is 61.9 Å². The standard InChI is InChI=1S/C22H20N6O/c1-28-13-19(12-24-28)15-4-5-20-17(8-15)10-21(27-26-20)25-22(29)16-3-2-14-6-7-23-11-18(14)9-16/h2-5,8-10,12-13,23H,6-7,11H2,1H3,(H,25,27,29). The lowest BCUT2D eigenvalue weighted by molar-refractivity contribution is 0.102. The minimum atomic E-state index is -0.185. The summed E-state index contributed by atoms with van der Waals surface area (Å²) in [4.78, 5) is 12.7. The van der Waals surface area contributed by atoms with Crippen molar-refractivity contribution in [2.24, 2.45) is 7.05 Å². The van der Waals surface area contributed by atoms with Gasteiger partial charge in [-0.2, -0.15) is 5.10 Å². The van der Waals surface area contributed by atoms with Gasteiger partial charge in [0.05, 0.1) is 11.7 Å². The zero-order valence-electron chi connectivity index (χ0n) is 16.0. The highest BCUT2D eigenvalue weighted by Crippen LogP contribution is 2.24. The fourth-order valence-corrected chi connectivity index (χ4v) is 3.67. The molecule has 7 heteroatoms. The fourth-order valence-electron chi connectivity index (χ4n) is 3.67. The number of fused-ring (bicyclic) bond motifs is 2. The van der Waals surface area contributed by atoms with Gasteiger partial charge in [-0.1, -0.05) is 12.1 Å². The number of nitrogens with one attached hydrogen (secondary N) is 2. The van der Waals surface area contributed by atoms with Crippen molar-refractivity contribution < 1.29 is 4.79 Å². The van der Waals surface area contributed by atoms with Gasteiger partial charge in [0, 0.05) is 36.3 Å². The zero-order chi connectivity index (χ0) is 19.8. The van der Waals surface area contributed by atoms with Crippen LogP contribution in [-0.4, -0.2) is 32.4 Å². The first-order chi connectivity index (χ1) is 14.2. The summed E-state index contributed by atoms with van der Waals surface area (Å²) < 4.78 is 1.77. The molecule has 0 aliphatic carbocycles. The van der Waals surface area contributed by atoms with Gasteiger partial charge in [0.15, 0.2) is 5.82 Å². The summed E-state index contributed by atoms with van der Waals surface area (Å²) in [6.45, 7) is 1.77. The van der Waals surface area contributed by atoms with Crippen molar-refractivity contribution in [1.82, 2.24) is 25.3 Å². The summed E-state index contributed by atoms with van der Waals surface area (Å²) in [6, 6.07) is 13.7. The minimum Gasteiger partial charge on any atom is -0.312 e. The highest BCUT2D eigenvalue weighted by molar-refractivity contribution is 6.04. The maximum absolute atomic E-state index is 12.7. The quantitative estimate of drug-likeness (QED) is 0.567. The van der Waals surface area contributed by atoms with E-state index in [2.05, 4.69) is 25.9 Å². The molecule has 0 atom stereocenters. The summed E-state index contributed by atoms with van der Waals surface area (Å²) in [5.41, 5.74) is 5.94. The number of nitrogens with zero attached hydrogens (tertiary/aromatic N) is 4. The molecule has 2 N–H and O–H groups in total. The van der Waals surface area contributed by atoms with Crippen molar-refractivity contribution >= 4 is 22.6 Å². The predicted molar refractivity (Wildman–Crippen MR) is 112 cm³/mol. The third kappa shape index (κ3) is 3.48. The molecule has 5 rings (SSSR count). The summed E-state index contributed by atoms with van der Waals surface area (Å²) in [6.07, 6.45) is 4.78. The Bertz CT molecular complexity index is 1230. The first-order valence-corrected chi connectivity index (χ1v) is 9.56. The Balaban J connectivity index is 1.42. The highest BCUT2D eigenvalue weighted by atomic mass is 16.1. The second kappa shape index (κ2) is 7.10. The van der Waals surface area contributed by atoms with E-state index >= 15 is 0 Å². The van der Waals surface area contributed by atoms with E-state index in [1.165, 1.54) is 11.1 Å². The van der Waals surface area contributed by atoms with Gasteiger partial charge in [0.1, 0.15) is 0 Å². The van der Waals surface area contributed by atoms with Gasteiger partial charge < -0.3 is 10.6 Å². The van der Waals surface area contributed by atoms with E-state index in [9.17, 15) is 4.79 Å². The normalized spacial score (nSPS) is 13.3. The maximum Gasteiger partial charge on any atom is 0.256 e. The van der Waals surface area contributed by atoms with Crippen molar-refractivity contribution in [1.29, 1.82) is 0 Å². The lowest BCUT2D eigenvalue weighted by Crippen LogP contribution is -2.24. The molecule has 0 saturated heterocycles. The van der Waals surface area contributed by atoms with Crippen LogP contribution in [0.1, 0.15) is 21.5 Å². The number of hydrogen-bond donors (Lipinski definition) is 2. The highest BCUT2D eigenvalue weighted by Gasteiger charge is 2.13. The molecule has 7 nitrogen and oxygen atoms in total. The maximum atomic E-state index is 12.7. The van der Waals surface area contributed by atoms with Gasteiger partial charge >= 0.3 is 0 Å². The summed E-state index contributed by atoms with van der Waals surface area (Å²) in [5, 5.41) is 19.7. The molecule has 0 bridgehead atoms. The molecule has 1 amide bonds. The van der Waals surface area contributed by atoms with E-state index in [0.717, 1.165) is 41.5 Å². The third-order valence-corrected chi connectivity index (χ3v) is 5.22. The smallest absolute Gasteiger partial charge is 0.256 e. The van der Waals surface area contributed by atoms with Crippen LogP contribution in [0.15, 0.2) is 54.9 Å². The average molecular weight is 384 g/mol. The number of carbonyl (C=O) groups is 1. The van der Waals surface area contributed by atoms with Crippen LogP contribution in [0.25, 0.3) is 22.0 Å². The Kier molecular flexibility index (Phi) is 4.29. The van der Waals surface area contributed by atoms with Gasteiger partial charge in [0.2, 0.25) is 0 Å². The Morgan fingerprint density at radius 1 is 1.07 bits per heavy atom. The minimum absolute atomic E-state index is 0.185. The fraction of sp³-hybridized carbons (Fsp3) is 0.182. The lowest BCUT2D eigenvalue weighted by atomic mass is 9.98. The monoisotopic (exact) mass is 384 g/mol. The van der Waals surface area contributed by atoms with Crippen molar-refractivity contribution in [2.45, 2.75) is 13.0 Å². The van der Waals surface area contributed by atoms with Crippen LogP contribution in [-0.2, 0) is 20.0 Å². The molecule has 0 saturated carbocycles. The van der Waals surface area contributed by atoms with Crippen LogP contribution in [0.3, 0.4) is 0 Å².